The number of hydrogen-bond acceptors (Lipinski definition) is 5. The Balaban J connectivity index is 1.37. The molecule has 1 saturated carbocycles. The molecule has 4 rings (SSSR count). The van der Waals surface area contributed by atoms with E-state index in [9.17, 15) is 18.0 Å². The topological polar surface area (TPSA) is 73.9 Å². The summed E-state index contributed by atoms with van der Waals surface area (Å²) in [6, 6.07) is 9.25. The van der Waals surface area contributed by atoms with Crippen LogP contribution in [0.1, 0.15) is 36.3 Å². The second-order valence-corrected chi connectivity index (χ2v) is 10.2. The lowest BCUT2D eigenvalue weighted by Gasteiger charge is -2.30. The van der Waals surface area contributed by atoms with Crippen molar-refractivity contribution in [2.24, 2.45) is 5.41 Å². The maximum atomic E-state index is 13.9. The third-order valence-corrected chi connectivity index (χ3v) is 7.99. The number of H-pyrrole nitrogens is 1. The summed E-state index contributed by atoms with van der Waals surface area (Å²) in [6.45, 7) is 0.340. The lowest BCUT2D eigenvalue weighted by molar-refractivity contribution is -0.194. The number of carbonyl (C=O) groups is 1. The summed E-state index contributed by atoms with van der Waals surface area (Å²) < 4.78 is 41.6. The molecule has 2 N–H and O–H groups in total. The molecular weight excluding hydrogens is 463 g/mol. The maximum Gasteiger partial charge on any atom is 0.395 e. The van der Waals surface area contributed by atoms with Crippen molar-refractivity contribution < 1.29 is 18.0 Å². The molecule has 6 nitrogen and oxygen atoms in total. The number of carbonyl (C=O) groups excluding carboxylic acids is 1. The molecule has 1 amide bonds. The van der Waals surface area contributed by atoms with Gasteiger partial charge < -0.3 is 5.32 Å². The average Bonchev–Trinajstić information content (AvgIpc) is 3.49. The fourth-order valence-corrected chi connectivity index (χ4v) is 5.38. The van der Waals surface area contributed by atoms with Crippen molar-refractivity contribution in [1.29, 1.82) is 0 Å². The number of pyridine rings is 1. The van der Waals surface area contributed by atoms with Crippen molar-refractivity contribution in [3.63, 3.8) is 0 Å². The minimum Gasteiger partial charge on any atom is -0.354 e. The minimum atomic E-state index is -4.35. The van der Waals surface area contributed by atoms with Gasteiger partial charge in [-0.2, -0.15) is 18.3 Å². The number of nitrogens with one attached hydrogen (secondary N) is 2. The van der Waals surface area contributed by atoms with Crippen LogP contribution in [0.4, 0.5) is 13.2 Å². The zero-order valence-electron chi connectivity index (χ0n) is 19.1. The van der Waals surface area contributed by atoms with Gasteiger partial charge in [0.1, 0.15) is 0 Å². The van der Waals surface area contributed by atoms with Crippen molar-refractivity contribution in [3.05, 3.63) is 60.0 Å². The number of benzene rings is 1. The first-order valence-electron chi connectivity index (χ1n) is 11.1. The summed E-state index contributed by atoms with van der Waals surface area (Å²) in [5, 5.41) is 10.9. The normalized spacial score (nSPS) is 17.0. The summed E-state index contributed by atoms with van der Waals surface area (Å²) in [4.78, 5) is 18.7. The molecule has 1 aliphatic carbocycles. The number of halogens is 3. The van der Waals surface area contributed by atoms with E-state index in [-0.39, 0.29) is 30.5 Å². The average molecular weight is 492 g/mol. The third-order valence-electron chi connectivity index (χ3n) is 6.52. The van der Waals surface area contributed by atoms with Gasteiger partial charge in [0.15, 0.2) is 0 Å². The zero-order chi connectivity index (χ0) is 24.3. The predicted molar refractivity (Wildman–Crippen MR) is 127 cm³/mol. The van der Waals surface area contributed by atoms with Gasteiger partial charge in [0.25, 0.3) is 0 Å². The van der Waals surface area contributed by atoms with Gasteiger partial charge >= 0.3 is 6.18 Å². The first-order chi connectivity index (χ1) is 16.2. The smallest absolute Gasteiger partial charge is 0.354 e. The Kier molecular flexibility index (Phi) is 7.18. The Morgan fingerprint density at radius 3 is 2.62 bits per heavy atom. The van der Waals surface area contributed by atoms with E-state index in [1.807, 2.05) is 31.1 Å². The quantitative estimate of drug-likeness (QED) is 0.402. The second-order valence-electron chi connectivity index (χ2n) is 9.02. The molecule has 10 heteroatoms. The monoisotopic (exact) mass is 491 g/mol. The van der Waals surface area contributed by atoms with Crippen LogP contribution in [0.25, 0.3) is 10.9 Å². The van der Waals surface area contributed by atoms with E-state index >= 15 is 0 Å². The highest BCUT2D eigenvalue weighted by atomic mass is 32.2. The first-order valence-corrected chi connectivity index (χ1v) is 12.2. The van der Waals surface area contributed by atoms with E-state index in [0.717, 1.165) is 22.2 Å². The SMILES string of the molecule is CN(C)[C@H](CNC(=O)C[C@@H](c1ccncc1)C1(C(F)(F)F)CC1)SCc1ccc2[nH]ncc2c1. The van der Waals surface area contributed by atoms with E-state index < -0.39 is 17.5 Å². The summed E-state index contributed by atoms with van der Waals surface area (Å²) >= 11 is 1.67. The zero-order valence-corrected chi connectivity index (χ0v) is 19.9. The standard InChI is InChI=1S/C24H28F3N5OS/c1-32(2)22(34-15-16-3-4-20-18(11-16)13-30-31-20)14-29-21(33)12-19(17-5-9-28-10-6-17)23(7-8-23)24(25,26)27/h3-6,9-11,13,19,22H,7-8,12,14-15H2,1-2H3,(H,29,33)(H,30,31)/t19-,22-/m0/s1. The molecule has 1 aliphatic rings. The molecule has 0 spiro atoms. The predicted octanol–water partition coefficient (Wildman–Crippen LogP) is 4.71. The molecule has 2 aromatic heterocycles. The van der Waals surface area contributed by atoms with Gasteiger partial charge in [-0.1, -0.05) is 6.07 Å². The number of amides is 1. The van der Waals surface area contributed by atoms with Gasteiger partial charge in [-0.3, -0.25) is 19.8 Å². The molecule has 0 saturated heterocycles. The number of nitrogens with zero attached hydrogens (tertiary/aromatic N) is 3. The summed E-state index contributed by atoms with van der Waals surface area (Å²) in [7, 11) is 3.84. The van der Waals surface area contributed by atoms with Crippen LogP contribution < -0.4 is 5.32 Å². The van der Waals surface area contributed by atoms with Gasteiger partial charge in [0, 0.05) is 42.4 Å². The van der Waals surface area contributed by atoms with Crippen LogP contribution in [0.15, 0.2) is 48.9 Å². The first kappa shape index (κ1) is 24.5. The van der Waals surface area contributed by atoms with Crippen LogP contribution in [-0.4, -0.2) is 58.2 Å². The van der Waals surface area contributed by atoms with Gasteiger partial charge in [0.05, 0.1) is 22.5 Å². The number of alkyl halides is 3. The van der Waals surface area contributed by atoms with Gasteiger partial charge in [-0.05, 0) is 62.3 Å². The highest BCUT2D eigenvalue weighted by molar-refractivity contribution is 7.99. The Morgan fingerprint density at radius 2 is 1.97 bits per heavy atom. The molecule has 2 atom stereocenters. The van der Waals surface area contributed by atoms with E-state index in [1.54, 1.807) is 30.1 Å². The minimum absolute atomic E-state index is 0.0270. The van der Waals surface area contributed by atoms with Crippen molar-refractivity contribution in [3.8, 4) is 0 Å². The van der Waals surface area contributed by atoms with Crippen molar-refractivity contribution in [2.45, 2.75) is 42.5 Å². The molecule has 182 valence electrons. The maximum absolute atomic E-state index is 13.9. The molecular formula is C24H28F3N5OS. The Morgan fingerprint density at radius 1 is 1.24 bits per heavy atom. The molecule has 34 heavy (non-hydrogen) atoms. The highest BCUT2D eigenvalue weighted by Gasteiger charge is 2.67. The number of aromatic amines is 1. The largest absolute Gasteiger partial charge is 0.395 e. The molecule has 0 unspecified atom stereocenters. The molecule has 1 aromatic carbocycles. The number of hydrogen-bond donors (Lipinski definition) is 2. The van der Waals surface area contributed by atoms with Crippen LogP contribution in [0.3, 0.4) is 0 Å². The van der Waals surface area contributed by atoms with E-state index in [4.69, 9.17) is 0 Å². The van der Waals surface area contributed by atoms with Gasteiger partial charge in [-0.15, -0.1) is 11.8 Å². The molecule has 0 bridgehead atoms. The molecule has 1 fully saturated rings. The molecule has 0 aliphatic heterocycles. The highest BCUT2D eigenvalue weighted by Crippen LogP contribution is 2.66. The lowest BCUT2D eigenvalue weighted by atomic mass is 9.80. The fraction of sp³-hybridized carbons (Fsp3) is 0.458. The van der Waals surface area contributed by atoms with Crippen LogP contribution in [0.5, 0.6) is 0 Å². The van der Waals surface area contributed by atoms with Gasteiger partial charge in [-0.25, -0.2) is 0 Å². The van der Waals surface area contributed by atoms with Crippen molar-refractivity contribution >= 4 is 28.6 Å². The van der Waals surface area contributed by atoms with Crippen LogP contribution in [0.2, 0.25) is 0 Å². The van der Waals surface area contributed by atoms with Crippen LogP contribution in [0, 0.1) is 5.41 Å². The molecule has 2 heterocycles. The second kappa shape index (κ2) is 9.95. The Bertz CT molecular complexity index is 1110. The van der Waals surface area contributed by atoms with E-state index in [2.05, 4.69) is 26.6 Å². The van der Waals surface area contributed by atoms with Crippen molar-refractivity contribution in [1.82, 2.24) is 25.4 Å². The fourth-order valence-electron chi connectivity index (χ4n) is 4.32. The molecule has 3 aromatic rings. The van der Waals surface area contributed by atoms with Crippen molar-refractivity contribution in [2.75, 3.05) is 20.6 Å². The Labute approximate surface area is 200 Å². The van der Waals surface area contributed by atoms with Crippen LogP contribution >= 0.6 is 11.8 Å². The lowest BCUT2D eigenvalue weighted by Crippen LogP contribution is -2.40. The van der Waals surface area contributed by atoms with Gasteiger partial charge in [0.2, 0.25) is 5.91 Å². The van der Waals surface area contributed by atoms with E-state index in [0.29, 0.717) is 12.1 Å². The number of rotatable bonds is 10. The Hall–Kier alpha value is -2.59. The summed E-state index contributed by atoms with van der Waals surface area (Å²) in [5.74, 6) is -0.552. The summed E-state index contributed by atoms with van der Waals surface area (Å²) in [5.41, 5.74) is 0.790. The van der Waals surface area contributed by atoms with Crippen LogP contribution in [-0.2, 0) is 10.5 Å². The number of thioether (sulfide) groups is 1. The number of fused-ring (bicyclic) bond motifs is 1. The number of likely N-dealkylation sites (N-methyl/N-ethyl adjacent to an activating group) is 1. The van der Waals surface area contributed by atoms with E-state index in [1.165, 1.54) is 12.4 Å². The third kappa shape index (κ3) is 5.38. The number of aromatic nitrogens is 3. The summed E-state index contributed by atoms with van der Waals surface area (Å²) in [6.07, 6.45) is 0.283. The molecule has 0 radical (unpaired) electrons.